The van der Waals surface area contributed by atoms with Gasteiger partial charge in [0, 0.05) is 17.2 Å². The molecule has 0 amide bonds. The van der Waals surface area contributed by atoms with E-state index in [-0.39, 0.29) is 5.92 Å². The second kappa shape index (κ2) is 4.98. The van der Waals surface area contributed by atoms with Gasteiger partial charge in [-0.1, -0.05) is 36.1 Å². The van der Waals surface area contributed by atoms with Gasteiger partial charge in [-0.2, -0.15) is 0 Å². The molecule has 0 saturated carbocycles. The molecular formula is C19H17N. The van der Waals surface area contributed by atoms with Gasteiger partial charge in [0.15, 0.2) is 0 Å². The number of pyridine rings is 1. The Hall–Kier alpha value is -2.33. The Kier molecular flexibility index (Phi) is 3.16. The van der Waals surface area contributed by atoms with Gasteiger partial charge in [0.1, 0.15) is 0 Å². The zero-order valence-electron chi connectivity index (χ0n) is 12.1. The fourth-order valence-corrected chi connectivity index (χ4v) is 2.72. The molecule has 20 heavy (non-hydrogen) atoms. The monoisotopic (exact) mass is 259 g/mol. The van der Waals surface area contributed by atoms with E-state index in [4.69, 9.17) is 4.98 Å². The Balaban J connectivity index is 2.36. The maximum atomic E-state index is 4.79. The summed E-state index contributed by atoms with van der Waals surface area (Å²) in [5, 5.41) is 0. The minimum Gasteiger partial charge on any atom is -0.252 e. The first kappa shape index (κ1) is 12.7. The summed E-state index contributed by atoms with van der Waals surface area (Å²) in [5.41, 5.74) is 6.96. The van der Waals surface area contributed by atoms with E-state index in [1.165, 1.54) is 22.3 Å². The highest BCUT2D eigenvalue weighted by atomic mass is 14.7. The molecule has 1 aliphatic heterocycles. The van der Waals surface area contributed by atoms with Gasteiger partial charge >= 0.3 is 0 Å². The van der Waals surface area contributed by atoms with Crippen molar-refractivity contribution in [2.45, 2.75) is 26.7 Å². The Morgan fingerprint density at radius 3 is 2.75 bits per heavy atom. The summed E-state index contributed by atoms with van der Waals surface area (Å²) in [7, 11) is 0. The first-order valence-corrected chi connectivity index (χ1v) is 6.92. The third-order valence-electron chi connectivity index (χ3n) is 3.79. The fraction of sp³-hybridized carbons (Fsp3) is 0.211. The molecule has 0 spiro atoms. The minimum absolute atomic E-state index is 0.203. The van der Waals surface area contributed by atoms with Crippen molar-refractivity contribution in [1.82, 2.24) is 4.98 Å². The van der Waals surface area contributed by atoms with Crippen molar-refractivity contribution in [1.29, 1.82) is 0 Å². The summed E-state index contributed by atoms with van der Waals surface area (Å²) in [6.45, 7) is 6.34. The third-order valence-corrected chi connectivity index (χ3v) is 3.79. The average Bonchev–Trinajstić information content (AvgIpc) is 2.48. The van der Waals surface area contributed by atoms with Gasteiger partial charge in [0.25, 0.3) is 0 Å². The fourth-order valence-electron chi connectivity index (χ4n) is 2.72. The van der Waals surface area contributed by atoms with Crippen molar-refractivity contribution in [3.63, 3.8) is 0 Å². The summed E-state index contributed by atoms with van der Waals surface area (Å²) >= 11 is 0. The maximum Gasteiger partial charge on any atom is 0.0711 e. The Labute approximate surface area is 120 Å². The van der Waals surface area contributed by atoms with Gasteiger partial charge in [-0.3, -0.25) is 4.98 Å². The van der Waals surface area contributed by atoms with Crippen LogP contribution in [0.15, 0.2) is 36.4 Å². The van der Waals surface area contributed by atoms with Crippen LogP contribution >= 0.6 is 0 Å². The van der Waals surface area contributed by atoms with Gasteiger partial charge in [-0.25, -0.2) is 0 Å². The predicted octanol–water partition coefficient (Wildman–Crippen LogP) is 4.50. The van der Waals surface area contributed by atoms with E-state index >= 15 is 0 Å². The van der Waals surface area contributed by atoms with Crippen LogP contribution in [0.1, 0.15) is 35.2 Å². The molecule has 0 saturated heterocycles. The van der Waals surface area contributed by atoms with E-state index in [0.29, 0.717) is 0 Å². The van der Waals surface area contributed by atoms with Gasteiger partial charge in [-0.05, 0) is 55.7 Å². The second-order valence-corrected chi connectivity index (χ2v) is 5.25. The third kappa shape index (κ3) is 2.14. The van der Waals surface area contributed by atoms with Crippen molar-refractivity contribution in [2.75, 3.05) is 0 Å². The number of hydrogen-bond donors (Lipinski definition) is 0. The van der Waals surface area contributed by atoms with Crippen LogP contribution in [0.3, 0.4) is 0 Å². The summed E-state index contributed by atoms with van der Waals surface area (Å²) in [4.78, 5) is 4.79. The molecule has 4 rings (SSSR count). The standard InChI is InChI=1S/C19H17N/c1-13-8-4-5-9-16-14(2)12-19(20-15(16)3)18-11-7-6-10-17(13)18/h5-7,9-13H,1-3H3/b9-5-. The molecule has 1 aliphatic carbocycles. The van der Waals surface area contributed by atoms with Crippen LogP contribution in [-0.2, 0) is 0 Å². The molecule has 2 aliphatic rings. The minimum atomic E-state index is 0.203. The van der Waals surface area contributed by atoms with Crippen molar-refractivity contribution >= 4 is 6.08 Å². The molecule has 1 unspecified atom stereocenters. The van der Waals surface area contributed by atoms with Crippen molar-refractivity contribution in [3.8, 4) is 23.1 Å². The average molecular weight is 259 g/mol. The van der Waals surface area contributed by atoms with Crippen molar-refractivity contribution in [3.05, 3.63) is 58.8 Å². The number of hydrogen-bond acceptors (Lipinski definition) is 1. The van der Waals surface area contributed by atoms with Crippen LogP contribution in [0.2, 0.25) is 0 Å². The topological polar surface area (TPSA) is 12.9 Å². The summed E-state index contributed by atoms with van der Waals surface area (Å²) < 4.78 is 0. The smallest absolute Gasteiger partial charge is 0.0711 e. The van der Waals surface area contributed by atoms with Crippen LogP contribution in [-0.4, -0.2) is 4.98 Å². The predicted molar refractivity (Wildman–Crippen MR) is 84.4 cm³/mol. The molecular weight excluding hydrogens is 242 g/mol. The number of nitrogens with zero attached hydrogens (tertiary/aromatic N) is 1. The molecule has 1 atom stereocenters. The van der Waals surface area contributed by atoms with Crippen LogP contribution in [0.5, 0.6) is 0 Å². The SMILES string of the molecule is Cc1cc2nc(C)c1/C=C\C#CC(C)c1ccccc1-2. The summed E-state index contributed by atoms with van der Waals surface area (Å²) in [6.07, 6.45) is 4.00. The van der Waals surface area contributed by atoms with Gasteiger partial charge < -0.3 is 0 Å². The molecule has 0 N–H and O–H groups in total. The quantitative estimate of drug-likeness (QED) is 0.635. The van der Waals surface area contributed by atoms with E-state index < -0.39 is 0 Å². The van der Waals surface area contributed by atoms with Crippen LogP contribution in [0.4, 0.5) is 0 Å². The molecule has 2 heterocycles. The second-order valence-electron chi connectivity index (χ2n) is 5.25. The zero-order valence-corrected chi connectivity index (χ0v) is 12.1. The number of aryl methyl sites for hydroxylation is 2. The molecule has 1 aromatic carbocycles. The highest BCUT2D eigenvalue weighted by Gasteiger charge is 2.13. The Bertz CT molecular complexity index is 734. The highest BCUT2D eigenvalue weighted by Crippen LogP contribution is 2.30. The molecule has 1 heteroatoms. The molecule has 0 fully saturated rings. The lowest BCUT2D eigenvalue weighted by Crippen LogP contribution is -1.98. The molecule has 2 bridgehead atoms. The van der Waals surface area contributed by atoms with Crippen molar-refractivity contribution in [2.24, 2.45) is 0 Å². The van der Waals surface area contributed by atoms with Crippen LogP contribution < -0.4 is 0 Å². The van der Waals surface area contributed by atoms with Gasteiger partial charge in [-0.15, -0.1) is 0 Å². The molecule has 1 aromatic heterocycles. The van der Waals surface area contributed by atoms with Crippen molar-refractivity contribution < 1.29 is 0 Å². The molecule has 1 nitrogen and oxygen atoms in total. The number of benzene rings is 1. The Morgan fingerprint density at radius 2 is 1.95 bits per heavy atom. The van der Waals surface area contributed by atoms with E-state index in [2.05, 4.69) is 69.0 Å². The van der Waals surface area contributed by atoms with E-state index in [9.17, 15) is 0 Å². The summed E-state index contributed by atoms with van der Waals surface area (Å²) in [6, 6.07) is 10.6. The van der Waals surface area contributed by atoms with Crippen LogP contribution in [0, 0.1) is 25.7 Å². The van der Waals surface area contributed by atoms with E-state index in [1.807, 2.05) is 6.08 Å². The molecule has 0 radical (unpaired) electrons. The lowest BCUT2D eigenvalue weighted by atomic mass is 9.93. The number of fused-ring (bicyclic) bond motifs is 4. The molecule has 2 aromatic rings. The number of aromatic nitrogens is 1. The number of rotatable bonds is 0. The number of allylic oxidation sites excluding steroid dienone is 1. The first-order chi connectivity index (χ1) is 9.66. The zero-order chi connectivity index (χ0) is 14.1. The normalized spacial score (nSPS) is 17.6. The molecule has 98 valence electrons. The van der Waals surface area contributed by atoms with Crippen LogP contribution in [0.25, 0.3) is 17.3 Å². The Morgan fingerprint density at radius 1 is 1.15 bits per heavy atom. The maximum absolute atomic E-state index is 4.79. The summed E-state index contributed by atoms with van der Waals surface area (Å²) in [5.74, 6) is 6.66. The highest BCUT2D eigenvalue weighted by molar-refractivity contribution is 5.70. The van der Waals surface area contributed by atoms with E-state index in [1.54, 1.807) is 0 Å². The lowest BCUT2D eigenvalue weighted by molar-refractivity contribution is 1.00. The largest absolute Gasteiger partial charge is 0.252 e. The lowest BCUT2D eigenvalue weighted by Gasteiger charge is -2.13. The van der Waals surface area contributed by atoms with Gasteiger partial charge in [0.2, 0.25) is 0 Å². The first-order valence-electron chi connectivity index (χ1n) is 6.92. The van der Waals surface area contributed by atoms with E-state index in [0.717, 1.165) is 11.4 Å². The van der Waals surface area contributed by atoms with Gasteiger partial charge in [0.05, 0.1) is 5.69 Å².